The van der Waals surface area contributed by atoms with Crippen LogP contribution in [0.25, 0.3) is 0 Å². The number of allylic oxidation sites excluding steroid dienone is 9. The number of ether oxygens (including phenoxy) is 2. The number of hydrogen-bond acceptors (Lipinski definition) is 8. The third kappa shape index (κ3) is 28.9. The Morgan fingerprint density at radius 2 is 1.09 bits per heavy atom. The molecule has 1 heterocycles. The van der Waals surface area contributed by atoms with E-state index < -0.39 is 49.5 Å². The van der Waals surface area contributed by atoms with Gasteiger partial charge in [0.05, 0.1) is 25.4 Å². The Balaban J connectivity index is 2.08. The molecular weight excluding hydrogens is 719 g/mol. The van der Waals surface area contributed by atoms with E-state index in [1.165, 1.54) is 89.9 Å². The average molecular weight is 804 g/mol. The van der Waals surface area contributed by atoms with Crippen LogP contribution in [0.3, 0.4) is 0 Å². The van der Waals surface area contributed by atoms with Gasteiger partial charge >= 0.3 is 0 Å². The van der Waals surface area contributed by atoms with Crippen molar-refractivity contribution in [2.24, 2.45) is 0 Å². The molecule has 1 fully saturated rings. The lowest BCUT2D eigenvalue weighted by Gasteiger charge is -2.40. The topological polar surface area (TPSA) is 149 Å². The largest absolute Gasteiger partial charge is 0.394 e. The van der Waals surface area contributed by atoms with Gasteiger partial charge in [0.2, 0.25) is 5.91 Å². The summed E-state index contributed by atoms with van der Waals surface area (Å²) in [6, 6.07) is -0.801. The lowest BCUT2D eigenvalue weighted by Crippen LogP contribution is -2.60. The van der Waals surface area contributed by atoms with Crippen LogP contribution in [0, 0.1) is 0 Å². The van der Waals surface area contributed by atoms with Gasteiger partial charge in [-0.1, -0.05) is 177 Å². The fraction of sp³-hybridized carbons (Fsp3) is 0.771. The third-order valence-electron chi connectivity index (χ3n) is 10.6. The molecule has 1 aliphatic rings. The molecule has 9 heteroatoms. The van der Waals surface area contributed by atoms with Gasteiger partial charge in [-0.15, -0.1) is 0 Å². The van der Waals surface area contributed by atoms with Crippen molar-refractivity contribution in [1.29, 1.82) is 0 Å². The summed E-state index contributed by atoms with van der Waals surface area (Å²) in [7, 11) is 0. The highest BCUT2D eigenvalue weighted by atomic mass is 16.7. The molecule has 1 saturated heterocycles. The Kier molecular flexibility index (Phi) is 35.4. The van der Waals surface area contributed by atoms with Crippen molar-refractivity contribution >= 4 is 5.91 Å². The number of unbranched alkanes of at least 4 members (excludes halogenated alkanes) is 19. The minimum absolute atomic E-state index is 0.187. The van der Waals surface area contributed by atoms with E-state index in [4.69, 9.17) is 9.47 Å². The van der Waals surface area contributed by atoms with Crippen molar-refractivity contribution in [3.05, 3.63) is 60.8 Å². The Labute approximate surface area is 347 Å². The van der Waals surface area contributed by atoms with E-state index in [1.54, 1.807) is 6.08 Å². The number of aliphatic hydroxyl groups is 5. The summed E-state index contributed by atoms with van der Waals surface area (Å²) < 4.78 is 11.1. The standard InChI is InChI=1S/C48H85NO8/c1-3-5-7-9-10-11-12-13-14-15-16-17-18-19-20-21-22-23-24-25-26-27-28-29-30-31-32-34-36-38-44(52)49-41(42(51)37-35-33-8-6-4-2)40-56-48-47(55)46(54)45(53)43(39-50)57-48/h5,7,10-11,13-14,16-17,35,37,41-43,45-48,50-51,53-55H,3-4,6,8-9,12,15,18-34,36,38-40H2,1-2H3,(H,49,52)/b7-5-,11-10-,14-13-,17-16-,37-35+. The highest BCUT2D eigenvalue weighted by Crippen LogP contribution is 2.22. The second-order valence-electron chi connectivity index (χ2n) is 15.8. The van der Waals surface area contributed by atoms with E-state index in [9.17, 15) is 30.3 Å². The number of aliphatic hydroxyl groups excluding tert-OH is 5. The number of amides is 1. The number of nitrogens with one attached hydrogen (secondary N) is 1. The van der Waals surface area contributed by atoms with Gasteiger partial charge in [-0.05, 0) is 57.8 Å². The second kappa shape index (κ2) is 38.1. The molecule has 0 saturated carbocycles. The van der Waals surface area contributed by atoms with E-state index in [2.05, 4.69) is 67.8 Å². The molecule has 0 spiro atoms. The fourth-order valence-electron chi connectivity index (χ4n) is 6.91. The first kappa shape index (κ1) is 52.9. The Hall–Kier alpha value is -2.11. The molecule has 57 heavy (non-hydrogen) atoms. The Morgan fingerprint density at radius 3 is 1.61 bits per heavy atom. The monoisotopic (exact) mass is 804 g/mol. The molecule has 7 unspecified atom stereocenters. The number of hydrogen-bond donors (Lipinski definition) is 6. The van der Waals surface area contributed by atoms with E-state index in [1.807, 2.05) is 6.08 Å². The van der Waals surface area contributed by atoms with Gasteiger partial charge < -0.3 is 40.3 Å². The normalized spacial score (nSPS) is 21.6. The molecule has 6 N–H and O–H groups in total. The second-order valence-corrected chi connectivity index (χ2v) is 15.8. The van der Waals surface area contributed by atoms with E-state index in [-0.39, 0.29) is 12.5 Å². The minimum atomic E-state index is -1.56. The Morgan fingerprint density at radius 1 is 0.614 bits per heavy atom. The van der Waals surface area contributed by atoms with Crippen molar-refractivity contribution in [1.82, 2.24) is 5.32 Å². The van der Waals surface area contributed by atoms with Gasteiger partial charge in [0, 0.05) is 6.42 Å². The van der Waals surface area contributed by atoms with Crippen LogP contribution < -0.4 is 5.32 Å². The third-order valence-corrected chi connectivity index (χ3v) is 10.6. The van der Waals surface area contributed by atoms with E-state index in [0.29, 0.717) is 6.42 Å². The first-order chi connectivity index (χ1) is 27.8. The smallest absolute Gasteiger partial charge is 0.220 e. The maximum Gasteiger partial charge on any atom is 0.220 e. The van der Waals surface area contributed by atoms with Crippen LogP contribution in [-0.4, -0.2) is 87.5 Å². The molecule has 0 aromatic carbocycles. The van der Waals surface area contributed by atoms with Crippen LogP contribution in [0.1, 0.15) is 181 Å². The summed E-state index contributed by atoms with van der Waals surface area (Å²) in [6.07, 6.45) is 43.3. The van der Waals surface area contributed by atoms with Gasteiger partial charge in [0.15, 0.2) is 6.29 Å². The van der Waals surface area contributed by atoms with Crippen LogP contribution in [0.5, 0.6) is 0 Å². The highest BCUT2D eigenvalue weighted by molar-refractivity contribution is 5.76. The van der Waals surface area contributed by atoms with E-state index in [0.717, 1.165) is 70.6 Å². The quantitative estimate of drug-likeness (QED) is 0.0269. The molecule has 0 bridgehead atoms. The van der Waals surface area contributed by atoms with Crippen molar-refractivity contribution in [3.8, 4) is 0 Å². The first-order valence-corrected chi connectivity index (χ1v) is 23.0. The molecule has 0 aliphatic carbocycles. The van der Waals surface area contributed by atoms with Crippen molar-refractivity contribution < 1.29 is 39.8 Å². The minimum Gasteiger partial charge on any atom is -0.394 e. The van der Waals surface area contributed by atoms with Gasteiger partial charge in [-0.25, -0.2) is 0 Å². The molecular formula is C48H85NO8. The molecule has 9 nitrogen and oxygen atoms in total. The molecule has 0 aromatic heterocycles. The van der Waals surface area contributed by atoms with Gasteiger partial charge in [-0.3, -0.25) is 4.79 Å². The number of carbonyl (C=O) groups is 1. The summed E-state index contributed by atoms with van der Waals surface area (Å²) >= 11 is 0. The molecule has 0 radical (unpaired) electrons. The van der Waals surface area contributed by atoms with Gasteiger partial charge in [-0.2, -0.15) is 0 Å². The summed E-state index contributed by atoms with van der Waals surface area (Å²) in [5, 5.41) is 53.7. The zero-order chi connectivity index (χ0) is 41.6. The summed E-state index contributed by atoms with van der Waals surface area (Å²) in [5.41, 5.74) is 0. The van der Waals surface area contributed by atoms with E-state index >= 15 is 0 Å². The van der Waals surface area contributed by atoms with Crippen LogP contribution in [0.2, 0.25) is 0 Å². The summed E-state index contributed by atoms with van der Waals surface area (Å²) in [5.74, 6) is -0.187. The molecule has 7 atom stereocenters. The molecule has 1 aliphatic heterocycles. The van der Waals surface area contributed by atoms with Gasteiger partial charge in [0.25, 0.3) is 0 Å². The Bertz CT molecular complexity index is 1070. The van der Waals surface area contributed by atoms with Crippen LogP contribution >= 0.6 is 0 Å². The maximum absolute atomic E-state index is 12.8. The maximum atomic E-state index is 12.8. The SMILES string of the molecule is CC/C=C\C/C=C\C/C=C\C/C=C\CCCCCCCCCCCCCCCCCCC(=O)NC(COC1OC(CO)C(O)C(O)C1O)C(O)/C=C/CCCCC. The predicted molar refractivity (Wildman–Crippen MR) is 235 cm³/mol. The lowest BCUT2D eigenvalue weighted by molar-refractivity contribution is -0.302. The highest BCUT2D eigenvalue weighted by Gasteiger charge is 2.44. The molecule has 330 valence electrons. The zero-order valence-corrected chi connectivity index (χ0v) is 36.1. The van der Waals surface area contributed by atoms with Crippen LogP contribution in [0.15, 0.2) is 60.8 Å². The average Bonchev–Trinajstić information content (AvgIpc) is 3.21. The van der Waals surface area contributed by atoms with Crippen molar-refractivity contribution in [2.45, 2.75) is 224 Å². The molecule has 0 aromatic rings. The van der Waals surface area contributed by atoms with Crippen LogP contribution in [0.4, 0.5) is 0 Å². The van der Waals surface area contributed by atoms with Crippen molar-refractivity contribution in [2.75, 3.05) is 13.2 Å². The summed E-state index contributed by atoms with van der Waals surface area (Å²) in [6.45, 7) is 3.53. The van der Waals surface area contributed by atoms with Crippen molar-refractivity contribution in [3.63, 3.8) is 0 Å². The van der Waals surface area contributed by atoms with Gasteiger partial charge in [0.1, 0.15) is 24.4 Å². The lowest BCUT2D eigenvalue weighted by atomic mass is 9.99. The molecule has 1 rings (SSSR count). The fourth-order valence-corrected chi connectivity index (χ4v) is 6.91. The molecule has 1 amide bonds. The van der Waals surface area contributed by atoms with Crippen LogP contribution in [-0.2, 0) is 14.3 Å². The zero-order valence-electron chi connectivity index (χ0n) is 36.1. The predicted octanol–water partition coefficient (Wildman–Crippen LogP) is 9.61. The number of rotatable bonds is 37. The summed E-state index contributed by atoms with van der Waals surface area (Å²) in [4.78, 5) is 12.8. The first-order valence-electron chi connectivity index (χ1n) is 23.0. The number of carbonyl (C=O) groups excluding carboxylic acids is 1.